The fourth-order valence-corrected chi connectivity index (χ4v) is 4.72. The van der Waals surface area contributed by atoms with Gasteiger partial charge in [-0.1, -0.05) is 6.42 Å². The highest BCUT2D eigenvalue weighted by Crippen LogP contribution is 2.43. The first kappa shape index (κ1) is 21.1. The van der Waals surface area contributed by atoms with Crippen LogP contribution in [0, 0.1) is 5.82 Å². The number of hydrogen-bond acceptors (Lipinski definition) is 9. The monoisotopic (exact) mass is 465 g/mol. The molecule has 10 nitrogen and oxygen atoms in total. The van der Waals surface area contributed by atoms with Gasteiger partial charge < -0.3 is 5.32 Å². The lowest BCUT2D eigenvalue weighted by molar-refractivity contribution is -0.107. The smallest absolute Gasteiger partial charge is 0.227 e. The summed E-state index contributed by atoms with van der Waals surface area (Å²) in [6.45, 7) is 0.856. The molecule has 1 amide bonds. The van der Waals surface area contributed by atoms with Gasteiger partial charge in [-0.05, 0) is 37.1 Å². The van der Waals surface area contributed by atoms with Crippen LogP contribution in [-0.4, -0.2) is 48.3 Å². The molecule has 0 saturated heterocycles. The molecule has 1 aliphatic carbocycles. The van der Waals surface area contributed by atoms with Crippen molar-refractivity contribution in [1.82, 2.24) is 35.3 Å². The first-order valence-corrected chi connectivity index (χ1v) is 11.2. The van der Waals surface area contributed by atoms with Gasteiger partial charge in [0.25, 0.3) is 0 Å². The fraction of sp³-hybridized carbons (Fsp3) is 0.286. The average Bonchev–Trinajstić information content (AvgIpc) is 3.51. The van der Waals surface area contributed by atoms with E-state index in [1.807, 2.05) is 12.1 Å². The van der Waals surface area contributed by atoms with Gasteiger partial charge in [0.05, 0.1) is 12.2 Å². The van der Waals surface area contributed by atoms with Crippen LogP contribution < -0.4 is 10.2 Å². The molecule has 0 aromatic carbocycles. The molecule has 2 N–H and O–H groups in total. The molecule has 4 aromatic rings. The average molecular weight is 466 g/mol. The van der Waals surface area contributed by atoms with Crippen molar-refractivity contribution in [3.63, 3.8) is 0 Å². The molecular weight excluding hydrogens is 445 g/mol. The second-order valence-electron chi connectivity index (χ2n) is 7.80. The summed E-state index contributed by atoms with van der Waals surface area (Å²) in [6.07, 6.45) is 8.17. The summed E-state index contributed by atoms with van der Waals surface area (Å²) >= 11 is 1.42. The zero-order valence-corrected chi connectivity index (χ0v) is 18.3. The Morgan fingerprint density at radius 2 is 2.12 bits per heavy atom. The molecule has 1 fully saturated rings. The van der Waals surface area contributed by atoms with Gasteiger partial charge >= 0.3 is 0 Å². The lowest BCUT2D eigenvalue weighted by atomic mass is 9.66. The second kappa shape index (κ2) is 8.98. The molecule has 0 unspecified atom stereocenters. The van der Waals surface area contributed by atoms with Crippen LogP contribution in [0.5, 0.6) is 0 Å². The van der Waals surface area contributed by atoms with Crippen molar-refractivity contribution in [2.75, 3.05) is 16.8 Å². The van der Waals surface area contributed by atoms with E-state index >= 15 is 0 Å². The molecule has 4 aromatic heterocycles. The zero-order chi connectivity index (χ0) is 22.7. The largest absolute Gasteiger partial charge is 0.368 e. The van der Waals surface area contributed by atoms with Gasteiger partial charge in [0.15, 0.2) is 0 Å². The number of pyridine rings is 1. The van der Waals surface area contributed by atoms with Crippen LogP contribution in [0.1, 0.15) is 29.8 Å². The summed E-state index contributed by atoms with van der Waals surface area (Å²) in [7, 11) is 0. The van der Waals surface area contributed by atoms with Crippen molar-refractivity contribution in [3.05, 3.63) is 59.4 Å². The standard InChI is InChI=1S/C21H20FN9OS/c22-15-3-1-8-23-18(15)21(6-2-7-21)11-25-17-5-4-16(28-29-17)19-24-9-14(33-19)10-31(13-32)20-26-12-27-30-20/h1,3-5,8-9,12-13H,2,6-7,10-11H2,(H,25,29)(H,26,27,30). The third kappa shape index (κ3) is 4.29. The SMILES string of the molecule is O=CN(Cc1cnc(-c2ccc(NCC3(c4ncccc4F)CCC3)nn2)s1)c1ncn[nH]1. The van der Waals surface area contributed by atoms with E-state index in [9.17, 15) is 9.18 Å². The molecule has 33 heavy (non-hydrogen) atoms. The maximum Gasteiger partial charge on any atom is 0.227 e. The number of aromatic amines is 1. The van der Waals surface area contributed by atoms with Crippen LogP contribution in [0.15, 0.2) is 43.0 Å². The number of carbonyl (C=O) groups excluding carboxylic acids is 1. The van der Waals surface area contributed by atoms with Crippen LogP contribution in [0.2, 0.25) is 0 Å². The fourth-order valence-electron chi connectivity index (χ4n) is 3.84. The normalized spacial score (nSPS) is 14.5. The summed E-state index contributed by atoms with van der Waals surface area (Å²) in [5, 5.41) is 18.9. The van der Waals surface area contributed by atoms with Gasteiger partial charge in [0.2, 0.25) is 12.4 Å². The second-order valence-corrected chi connectivity index (χ2v) is 8.91. The maximum absolute atomic E-state index is 14.3. The summed E-state index contributed by atoms with van der Waals surface area (Å²) in [4.78, 5) is 26.3. The van der Waals surface area contributed by atoms with Gasteiger partial charge in [-0.2, -0.15) is 10.1 Å². The Morgan fingerprint density at radius 3 is 2.79 bits per heavy atom. The molecule has 0 aliphatic heterocycles. The van der Waals surface area contributed by atoms with Crippen molar-refractivity contribution in [2.45, 2.75) is 31.2 Å². The Labute approximate surface area is 192 Å². The number of aromatic nitrogens is 7. The molecule has 1 aliphatic rings. The van der Waals surface area contributed by atoms with E-state index in [0.717, 1.165) is 24.1 Å². The van der Waals surface area contributed by atoms with Gasteiger partial charge in [0, 0.05) is 29.2 Å². The Morgan fingerprint density at radius 1 is 1.21 bits per heavy atom. The molecule has 5 rings (SSSR count). The van der Waals surface area contributed by atoms with Gasteiger partial charge in [0.1, 0.15) is 28.7 Å². The predicted molar refractivity (Wildman–Crippen MR) is 120 cm³/mol. The highest BCUT2D eigenvalue weighted by atomic mass is 32.1. The van der Waals surface area contributed by atoms with E-state index in [1.54, 1.807) is 18.5 Å². The number of H-pyrrole nitrogens is 1. The quantitative estimate of drug-likeness (QED) is 0.362. The van der Waals surface area contributed by atoms with Crippen LogP contribution in [0.4, 0.5) is 16.2 Å². The van der Waals surface area contributed by atoms with Crippen LogP contribution in [0.25, 0.3) is 10.7 Å². The van der Waals surface area contributed by atoms with Crippen molar-refractivity contribution in [3.8, 4) is 10.7 Å². The minimum Gasteiger partial charge on any atom is -0.368 e. The molecule has 1 saturated carbocycles. The number of hydrogen-bond donors (Lipinski definition) is 2. The van der Waals surface area contributed by atoms with Crippen LogP contribution >= 0.6 is 11.3 Å². The Hall–Kier alpha value is -3.80. The molecule has 0 radical (unpaired) electrons. The van der Waals surface area contributed by atoms with Crippen molar-refractivity contribution in [2.24, 2.45) is 0 Å². The van der Waals surface area contributed by atoms with E-state index in [4.69, 9.17) is 0 Å². The third-order valence-electron chi connectivity index (χ3n) is 5.74. The minimum absolute atomic E-state index is 0.267. The van der Waals surface area contributed by atoms with E-state index in [2.05, 4.69) is 40.7 Å². The van der Waals surface area contributed by atoms with E-state index in [-0.39, 0.29) is 11.2 Å². The van der Waals surface area contributed by atoms with Crippen LogP contribution in [0.3, 0.4) is 0 Å². The number of thiazole rings is 1. The first-order chi connectivity index (χ1) is 16.2. The van der Waals surface area contributed by atoms with Crippen LogP contribution in [-0.2, 0) is 16.8 Å². The Balaban J connectivity index is 1.24. The van der Waals surface area contributed by atoms with Crippen molar-refractivity contribution < 1.29 is 9.18 Å². The topological polar surface area (TPSA) is 125 Å². The maximum atomic E-state index is 14.3. The third-order valence-corrected chi connectivity index (χ3v) is 6.75. The Bertz CT molecular complexity index is 1220. The van der Waals surface area contributed by atoms with E-state index in [1.165, 1.54) is 28.6 Å². The molecule has 4 heterocycles. The molecule has 0 spiro atoms. The summed E-state index contributed by atoms with van der Waals surface area (Å²) in [5.74, 6) is 0.706. The van der Waals surface area contributed by atoms with Gasteiger partial charge in [-0.25, -0.2) is 14.5 Å². The number of amides is 1. The number of nitrogens with zero attached hydrogens (tertiary/aromatic N) is 7. The highest BCUT2D eigenvalue weighted by Gasteiger charge is 2.41. The molecule has 0 bridgehead atoms. The predicted octanol–water partition coefficient (Wildman–Crippen LogP) is 2.95. The Kier molecular flexibility index (Phi) is 5.73. The number of rotatable bonds is 9. The summed E-state index contributed by atoms with van der Waals surface area (Å²) < 4.78 is 14.3. The lowest BCUT2D eigenvalue weighted by Gasteiger charge is -2.41. The zero-order valence-electron chi connectivity index (χ0n) is 17.5. The number of carbonyl (C=O) groups is 1. The molecule has 12 heteroatoms. The molecular formula is C21H20FN9OS. The van der Waals surface area contributed by atoms with Crippen molar-refractivity contribution in [1.29, 1.82) is 0 Å². The lowest BCUT2D eigenvalue weighted by Crippen LogP contribution is -2.42. The van der Waals surface area contributed by atoms with Crippen molar-refractivity contribution >= 4 is 29.5 Å². The first-order valence-electron chi connectivity index (χ1n) is 10.4. The highest BCUT2D eigenvalue weighted by molar-refractivity contribution is 7.15. The van der Waals surface area contributed by atoms with Gasteiger partial charge in [-0.15, -0.1) is 21.5 Å². The summed E-state index contributed by atoms with van der Waals surface area (Å²) in [6, 6.07) is 6.73. The minimum atomic E-state index is -0.316. The van der Waals surface area contributed by atoms with E-state index in [0.29, 0.717) is 47.7 Å². The summed E-state index contributed by atoms with van der Waals surface area (Å²) in [5.41, 5.74) is 0.825. The number of halogens is 1. The molecule has 168 valence electrons. The van der Waals surface area contributed by atoms with Gasteiger partial charge in [-0.3, -0.25) is 14.7 Å². The number of anilines is 2. The molecule has 0 atom stereocenters. The van der Waals surface area contributed by atoms with E-state index < -0.39 is 0 Å². The number of nitrogens with one attached hydrogen (secondary N) is 2.